The lowest BCUT2D eigenvalue weighted by Crippen LogP contribution is -2.44. The van der Waals surface area contributed by atoms with Gasteiger partial charge in [0.1, 0.15) is 11.5 Å². The highest BCUT2D eigenvalue weighted by Gasteiger charge is 2.32. The Hall–Kier alpha value is -0.606. The van der Waals surface area contributed by atoms with Crippen molar-refractivity contribution >= 4 is 48.5 Å². The van der Waals surface area contributed by atoms with Crippen molar-refractivity contribution in [2.45, 2.75) is 64.0 Å². The summed E-state index contributed by atoms with van der Waals surface area (Å²) < 4.78 is 20.6. The van der Waals surface area contributed by atoms with Gasteiger partial charge in [0.15, 0.2) is 16.6 Å². The first kappa shape index (κ1) is 26.6. The highest BCUT2D eigenvalue weighted by molar-refractivity contribution is 9.10. The van der Waals surface area contributed by atoms with Crippen molar-refractivity contribution in [2.75, 3.05) is 13.2 Å². The van der Waals surface area contributed by atoms with Crippen molar-refractivity contribution in [2.24, 2.45) is 0 Å². The normalized spacial score (nSPS) is 12.1. The fourth-order valence-electron chi connectivity index (χ4n) is 3.60. The maximum Gasteiger partial charge on any atom is 0.173 e. The molecule has 2 aromatic rings. The molecule has 0 aliphatic heterocycles. The van der Waals surface area contributed by atoms with E-state index in [1.807, 2.05) is 48.5 Å². The Morgan fingerprint density at radius 2 is 0.935 bits per heavy atom. The van der Waals surface area contributed by atoms with Gasteiger partial charge in [-0.25, -0.2) is 0 Å². The van der Waals surface area contributed by atoms with Crippen molar-refractivity contribution in [3.8, 4) is 11.5 Å². The predicted octanol–water partition coefficient (Wildman–Crippen LogP) is 8.66. The van der Waals surface area contributed by atoms with Gasteiger partial charge in [0.25, 0.3) is 0 Å². The molecule has 0 atom stereocenters. The van der Waals surface area contributed by atoms with Gasteiger partial charge in [0.2, 0.25) is 0 Å². The third-order valence-corrected chi connectivity index (χ3v) is 13.7. The van der Waals surface area contributed by atoms with Gasteiger partial charge in [0, 0.05) is 8.95 Å². The third-order valence-electron chi connectivity index (χ3n) is 5.06. The maximum absolute atomic E-state index is 6.77. The van der Waals surface area contributed by atoms with E-state index in [9.17, 15) is 0 Å². The summed E-state index contributed by atoms with van der Waals surface area (Å²) in [6.07, 6.45) is 4.49. The molecule has 0 fully saturated rings. The molecule has 0 aliphatic carbocycles. The molecule has 0 amide bonds. The van der Waals surface area contributed by atoms with Crippen LogP contribution >= 0.6 is 31.9 Å². The lowest BCUT2D eigenvalue weighted by molar-refractivity contribution is 0.308. The first-order valence-corrected chi connectivity index (χ1v) is 18.9. The van der Waals surface area contributed by atoms with Crippen molar-refractivity contribution in [1.29, 1.82) is 0 Å². The van der Waals surface area contributed by atoms with Crippen LogP contribution in [0.4, 0.5) is 0 Å². The number of ether oxygens (including phenoxy) is 2. The Kier molecular flexibility index (Phi) is 11.3. The van der Waals surface area contributed by atoms with Gasteiger partial charge in [-0.2, -0.15) is 0 Å². The van der Waals surface area contributed by atoms with E-state index in [4.69, 9.17) is 13.6 Å². The van der Waals surface area contributed by atoms with Crippen molar-refractivity contribution < 1.29 is 13.6 Å². The Balaban J connectivity index is 1.58. The number of hydrogen-bond acceptors (Lipinski definition) is 3. The van der Waals surface area contributed by atoms with Crippen molar-refractivity contribution in [1.82, 2.24) is 0 Å². The summed E-state index contributed by atoms with van der Waals surface area (Å²) in [4.78, 5) is 0. The van der Waals surface area contributed by atoms with Crippen LogP contribution in [0, 0.1) is 0 Å². The van der Waals surface area contributed by atoms with Crippen molar-refractivity contribution in [3.63, 3.8) is 0 Å². The van der Waals surface area contributed by atoms with Crippen LogP contribution in [0.25, 0.3) is 0 Å². The molecule has 0 saturated carbocycles. The zero-order chi connectivity index (χ0) is 22.7. The van der Waals surface area contributed by atoms with Crippen LogP contribution in [0.2, 0.25) is 38.3 Å². The van der Waals surface area contributed by atoms with E-state index >= 15 is 0 Å². The maximum atomic E-state index is 6.77. The van der Waals surface area contributed by atoms with Crippen LogP contribution in [-0.4, -0.2) is 29.8 Å². The van der Waals surface area contributed by atoms with Gasteiger partial charge in [-0.1, -0.05) is 44.7 Å². The molecule has 0 heterocycles. The smallest absolute Gasteiger partial charge is 0.173 e. The van der Waals surface area contributed by atoms with E-state index < -0.39 is 16.6 Å². The summed E-state index contributed by atoms with van der Waals surface area (Å²) in [5.74, 6) is 1.88. The van der Waals surface area contributed by atoms with Crippen LogP contribution < -0.4 is 9.47 Å². The van der Waals surface area contributed by atoms with Gasteiger partial charge < -0.3 is 13.6 Å². The highest BCUT2D eigenvalue weighted by atomic mass is 79.9. The second-order valence-electron chi connectivity index (χ2n) is 9.14. The van der Waals surface area contributed by atoms with E-state index in [0.29, 0.717) is 0 Å². The van der Waals surface area contributed by atoms with Crippen LogP contribution in [0.15, 0.2) is 57.5 Å². The molecule has 0 saturated heterocycles. The Morgan fingerprint density at radius 1 is 0.581 bits per heavy atom. The highest BCUT2D eigenvalue weighted by Crippen LogP contribution is 2.25. The first-order chi connectivity index (χ1) is 14.7. The summed E-state index contributed by atoms with van der Waals surface area (Å²) >= 11 is 6.90. The van der Waals surface area contributed by atoms with Gasteiger partial charge in [-0.05, 0) is 99.6 Å². The second-order valence-corrected chi connectivity index (χ2v) is 19.8. The van der Waals surface area contributed by atoms with E-state index in [0.717, 1.165) is 46.5 Å². The average Bonchev–Trinajstić information content (AvgIpc) is 2.69. The molecule has 0 unspecified atom stereocenters. The topological polar surface area (TPSA) is 27.7 Å². The summed E-state index contributed by atoms with van der Waals surface area (Å²) in [7, 11) is -3.28. The molecule has 0 aliphatic rings. The largest absolute Gasteiger partial charge is 0.494 e. The lowest BCUT2D eigenvalue weighted by atomic mass is 10.3. The van der Waals surface area contributed by atoms with Crippen LogP contribution in [0.5, 0.6) is 11.5 Å². The molecule has 0 radical (unpaired) electrons. The zero-order valence-corrected chi connectivity index (χ0v) is 24.4. The summed E-state index contributed by atoms with van der Waals surface area (Å²) in [6.45, 7) is 11.0. The molecule has 0 N–H and O–H groups in total. The predicted molar refractivity (Wildman–Crippen MR) is 143 cm³/mol. The Bertz CT molecular complexity index is 700. The lowest BCUT2D eigenvalue weighted by Gasteiger charge is -2.34. The quantitative estimate of drug-likeness (QED) is 0.163. The molecular formula is C24H36Br2O3Si2. The minimum atomic E-state index is -1.64. The minimum Gasteiger partial charge on any atom is -0.494 e. The van der Waals surface area contributed by atoms with Crippen LogP contribution in [-0.2, 0) is 4.12 Å². The van der Waals surface area contributed by atoms with Crippen molar-refractivity contribution in [3.05, 3.63) is 57.5 Å². The van der Waals surface area contributed by atoms with Crippen LogP contribution in [0.1, 0.15) is 25.7 Å². The molecule has 31 heavy (non-hydrogen) atoms. The summed E-state index contributed by atoms with van der Waals surface area (Å²) in [5, 5.41) is 0. The second kappa shape index (κ2) is 13.2. The van der Waals surface area contributed by atoms with E-state index in [-0.39, 0.29) is 0 Å². The molecule has 172 valence electrons. The first-order valence-electron chi connectivity index (χ1n) is 11.1. The average molecular weight is 589 g/mol. The molecule has 2 rings (SSSR count). The minimum absolute atomic E-state index is 0.769. The number of rotatable bonds is 14. The molecule has 0 spiro atoms. The number of halogens is 2. The summed E-state index contributed by atoms with van der Waals surface area (Å²) in [5.41, 5.74) is 0. The number of unbranched alkanes of at least 4 members (excludes halogenated alkanes) is 2. The van der Waals surface area contributed by atoms with Gasteiger partial charge in [-0.15, -0.1) is 0 Å². The van der Waals surface area contributed by atoms with E-state index in [2.05, 4.69) is 58.0 Å². The number of hydrogen-bond donors (Lipinski definition) is 0. The molecule has 0 bridgehead atoms. The SMILES string of the molecule is C[Si](C)(CCCCOc1ccc(Br)cc1)O[Si](C)(C)CCCCOc1ccc(Br)cc1. The van der Waals surface area contributed by atoms with Crippen LogP contribution in [0.3, 0.4) is 0 Å². The van der Waals surface area contributed by atoms with E-state index in [1.54, 1.807) is 0 Å². The molecule has 7 heteroatoms. The standard InChI is InChI=1S/C24H36Br2O3Si2/c1-30(2,19-7-5-17-27-23-13-9-21(25)10-14-23)29-31(3,4)20-8-6-18-28-24-15-11-22(26)12-16-24/h9-16H,5-8,17-20H2,1-4H3. The summed E-state index contributed by atoms with van der Waals surface area (Å²) in [6, 6.07) is 18.5. The zero-order valence-electron chi connectivity index (χ0n) is 19.3. The van der Waals surface area contributed by atoms with Gasteiger partial charge in [0.05, 0.1) is 13.2 Å². The monoisotopic (exact) mass is 586 g/mol. The molecule has 3 nitrogen and oxygen atoms in total. The van der Waals surface area contributed by atoms with Gasteiger partial charge >= 0.3 is 0 Å². The third kappa shape index (κ3) is 11.7. The molecule has 0 aromatic heterocycles. The van der Waals surface area contributed by atoms with Gasteiger partial charge in [-0.3, -0.25) is 0 Å². The molecular weight excluding hydrogens is 552 g/mol. The molecule has 2 aromatic carbocycles. The van der Waals surface area contributed by atoms with E-state index in [1.165, 1.54) is 24.9 Å². The Morgan fingerprint density at radius 3 is 1.29 bits per heavy atom. The number of benzene rings is 2. The fraction of sp³-hybridized carbons (Fsp3) is 0.500. The Labute approximate surface area is 207 Å². The fourth-order valence-corrected chi connectivity index (χ4v) is 13.1.